The van der Waals surface area contributed by atoms with Gasteiger partial charge in [-0.1, -0.05) is 0 Å². The Kier molecular flexibility index (Phi) is 4.06. The van der Waals surface area contributed by atoms with Gasteiger partial charge in [0.05, 0.1) is 6.04 Å². The first-order chi connectivity index (χ1) is 6.20. The molecule has 4 heteroatoms. The zero-order valence-electron chi connectivity index (χ0n) is 8.54. The van der Waals surface area contributed by atoms with E-state index in [2.05, 4.69) is 18.5 Å². The lowest BCUT2D eigenvalue weighted by molar-refractivity contribution is -0.130. The molecule has 0 saturated carbocycles. The van der Waals surface area contributed by atoms with Crippen molar-refractivity contribution in [1.82, 2.24) is 10.2 Å². The van der Waals surface area contributed by atoms with Crippen LogP contribution >= 0.6 is 11.8 Å². The number of rotatable bonds is 4. The van der Waals surface area contributed by atoms with Gasteiger partial charge in [-0.15, -0.1) is 0 Å². The van der Waals surface area contributed by atoms with Crippen LogP contribution in [0.25, 0.3) is 0 Å². The summed E-state index contributed by atoms with van der Waals surface area (Å²) in [6.45, 7) is 3.03. The Morgan fingerprint density at radius 3 is 2.92 bits per heavy atom. The van der Waals surface area contributed by atoms with Crippen LogP contribution in [0, 0.1) is 0 Å². The molecule has 1 saturated heterocycles. The molecule has 1 rings (SSSR count). The van der Waals surface area contributed by atoms with Gasteiger partial charge < -0.3 is 10.2 Å². The van der Waals surface area contributed by atoms with E-state index in [9.17, 15) is 4.79 Å². The van der Waals surface area contributed by atoms with E-state index in [1.54, 1.807) is 11.8 Å². The van der Waals surface area contributed by atoms with Crippen LogP contribution < -0.4 is 5.32 Å². The zero-order valence-corrected chi connectivity index (χ0v) is 9.36. The minimum absolute atomic E-state index is 0.0595. The van der Waals surface area contributed by atoms with E-state index in [1.807, 2.05) is 11.9 Å². The molecule has 1 amide bonds. The van der Waals surface area contributed by atoms with Crippen LogP contribution in [0.3, 0.4) is 0 Å². The minimum atomic E-state index is 0.0595. The highest BCUT2D eigenvalue weighted by molar-refractivity contribution is 7.98. The van der Waals surface area contributed by atoms with Gasteiger partial charge in [0.1, 0.15) is 0 Å². The summed E-state index contributed by atoms with van der Waals surface area (Å²) in [6, 6.07) is 0.435. The van der Waals surface area contributed by atoms with E-state index in [0.29, 0.717) is 6.04 Å². The number of likely N-dealkylation sites (N-methyl/N-ethyl adjacent to an activating group) is 1. The predicted molar refractivity (Wildman–Crippen MR) is 57.0 cm³/mol. The third kappa shape index (κ3) is 2.38. The molecular weight excluding hydrogens is 184 g/mol. The second kappa shape index (κ2) is 4.86. The first-order valence-electron chi connectivity index (χ1n) is 4.67. The summed E-state index contributed by atoms with van der Waals surface area (Å²) in [5, 5.41) is 3.04. The first-order valence-corrected chi connectivity index (χ1v) is 6.06. The van der Waals surface area contributed by atoms with Gasteiger partial charge in [0.15, 0.2) is 0 Å². The number of carbonyl (C=O) groups is 1. The number of nitrogens with zero attached hydrogens (tertiary/aromatic N) is 1. The molecule has 0 aromatic heterocycles. The number of hydrogen-bond donors (Lipinski definition) is 1. The van der Waals surface area contributed by atoms with E-state index in [4.69, 9.17) is 0 Å². The molecule has 0 aliphatic carbocycles. The maximum atomic E-state index is 11.7. The zero-order chi connectivity index (χ0) is 9.84. The monoisotopic (exact) mass is 202 g/mol. The summed E-state index contributed by atoms with van der Waals surface area (Å²) in [5.41, 5.74) is 0. The van der Waals surface area contributed by atoms with Crippen LogP contribution in [-0.4, -0.2) is 48.5 Å². The number of carbonyl (C=O) groups excluding carboxylic acids is 1. The van der Waals surface area contributed by atoms with Crippen LogP contribution in [0.4, 0.5) is 0 Å². The van der Waals surface area contributed by atoms with Gasteiger partial charge in [0, 0.05) is 18.3 Å². The molecule has 0 spiro atoms. The molecule has 0 bridgehead atoms. The Balaban J connectivity index is 2.49. The summed E-state index contributed by atoms with van der Waals surface area (Å²) in [6.07, 6.45) is 3.03. The Morgan fingerprint density at radius 1 is 1.77 bits per heavy atom. The molecule has 76 valence electrons. The molecule has 0 aromatic rings. The van der Waals surface area contributed by atoms with Crippen LogP contribution in [0.15, 0.2) is 0 Å². The molecule has 3 nitrogen and oxygen atoms in total. The summed E-state index contributed by atoms with van der Waals surface area (Å²) in [5.74, 6) is 1.30. The topological polar surface area (TPSA) is 32.3 Å². The lowest BCUT2D eigenvalue weighted by Crippen LogP contribution is -2.41. The Morgan fingerprint density at radius 2 is 2.46 bits per heavy atom. The Labute approximate surface area is 84.2 Å². The maximum absolute atomic E-state index is 11.7. The average Bonchev–Trinajstić information content (AvgIpc) is 2.47. The molecule has 0 aromatic carbocycles. The largest absolute Gasteiger partial charge is 0.338 e. The van der Waals surface area contributed by atoms with E-state index in [1.165, 1.54) is 0 Å². The molecule has 1 fully saturated rings. The van der Waals surface area contributed by atoms with E-state index >= 15 is 0 Å². The molecule has 0 radical (unpaired) electrons. The molecule has 2 unspecified atom stereocenters. The maximum Gasteiger partial charge on any atom is 0.240 e. The van der Waals surface area contributed by atoms with Gasteiger partial charge in [-0.25, -0.2) is 0 Å². The number of hydrogen-bond acceptors (Lipinski definition) is 3. The third-order valence-electron chi connectivity index (χ3n) is 2.53. The van der Waals surface area contributed by atoms with Gasteiger partial charge in [0.2, 0.25) is 5.91 Å². The quantitative estimate of drug-likeness (QED) is 0.723. The van der Waals surface area contributed by atoms with Crippen molar-refractivity contribution < 1.29 is 4.79 Å². The van der Waals surface area contributed by atoms with Crippen LogP contribution in [0.5, 0.6) is 0 Å². The summed E-state index contributed by atoms with van der Waals surface area (Å²) in [7, 11) is 1.85. The van der Waals surface area contributed by atoms with Crippen molar-refractivity contribution in [2.24, 2.45) is 0 Å². The second-order valence-electron chi connectivity index (χ2n) is 3.47. The van der Waals surface area contributed by atoms with Gasteiger partial charge in [-0.2, -0.15) is 11.8 Å². The van der Waals surface area contributed by atoms with Crippen molar-refractivity contribution in [3.8, 4) is 0 Å². The summed E-state index contributed by atoms with van der Waals surface area (Å²) < 4.78 is 0. The Bertz CT molecular complexity index is 186. The van der Waals surface area contributed by atoms with Gasteiger partial charge in [-0.05, 0) is 26.6 Å². The van der Waals surface area contributed by atoms with Crippen LogP contribution in [0.2, 0.25) is 0 Å². The lowest BCUT2D eigenvalue weighted by atomic mass is 10.2. The van der Waals surface area contributed by atoms with Gasteiger partial charge >= 0.3 is 0 Å². The van der Waals surface area contributed by atoms with E-state index < -0.39 is 0 Å². The van der Waals surface area contributed by atoms with Crippen LogP contribution in [0.1, 0.15) is 13.3 Å². The normalized spacial score (nSPS) is 25.3. The second-order valence-corrected chi connectivity index (χ2v) is 4.38. The number of thioether (sulfide) groups is 1. The number of nitrogens with one attached hydrogen (secondary N) is 1. The smallest absolute Gasteiger partial charge is 0.240 e. The molecule has 13 heavy (non-hydrogen) atoms. The summed E-state index contributed by atoms with van der Waals surface area (Å²) >= 11 is 1.79. The molecule has 2 atom stereocenters. The SMILES string of the molecule is CNC1CCN(C(C)CSC)C1=O. The van der Waals surface area contributed by atoms with E-state index in [-0.39, 0.29) is 11.9 Å². The fourth-order valence-electron chi connectivity index (χ4n) is 1.74. The van der Waals surface area contributed by atoms with Crippen molar-refractivity contribution in [2.45, 2.75) is 25.4 Å². The van der Waals surface area contributed by atoms with E-state index in [0.717, 1.165) is 18.7 Å². The Hall–Kier alpha value is -0.220. The standard InChI is InChI=1S/C9H18N2OS/c1-7(6-13-3)11-5-4-8(10-2)9(11)12/h7-8,10H,4-6H2,1-3H3. The van der Waals surface area contributed by atoms with Crippen molar-refractivity contribution in [3.63, 3.8) is 0 Å². The lowest BCUT2D eigenvalue weighted by Gasteiger charge is -2.23. The van der Waals surface area contributed by atoms with Crippen molar-refractivity contribution in [2.75, 3.05) is 25.6 Å². The highest BCUT2D eigenvalue weighted by atomic mass is 32.2. The molecule has 1 aliphatic heterocycles. The van der Waals surface area contributed by atoms with Crippen molar-refractivity contribution in [1.29, 1.82) is 0 Å². The predicted octanol–water partition coefficient (Wildman–Crippen LogP) is 0.558. The molecule has 1 aliphatic rings. The average molecular weight is 202 g/mol. The van der Waals surface area contributed by atoms with Gasteiger partial charge in [0.25, 0.3) is 0 Å². The van der Waals surface area contributed by atoms with Crippen LogP contribution in [-0.2, 0) is 4.79 Å². The number of amides is 1. The fourth-order valence-corrected chi connectivity index (χ4v) is 2.40. The number of likely N-dealkylation sites (tertiary alicyclic amines) is 1. The van der Waals surface area contributed by atoms with Crippen molar-refractivity contribution in [3.05, 3.63) is 0 Å². The molecular formula is C9H18N2OS. The van der Waals surface area contributed by atoms with Crippen molar-refractivity contribution >= 4 is 17.7 Å². The first kappa shape index (κ1) is 10.9. The minimum Gasteiger partial charge on any atom is -0.338 e. The highest BCUT2D eigenvalue weighted by Crippen LogP contribution is 2.16. The highest BCUT2D eigenvalue weighted by Gasteiger charge is 2.32. The van der Waals surface area contributed by atoms with Gasteiger partial charge in [-0.3, -0.25) is 4.79 Å². The third-order valence-corrected chi connectivity index (χ3v) is 3.34. The molecule has 1 heterocycles. The fraction of sp³-hybridized carbons (Fsp3) is 0.889. The summed E-state index contributed by atoms with van der Waals surface area (Å²) in [4.78, 5) is 13.7. The molecule has 1 N–H and O–H groups in total.